The van der Waals surface area contributed by atoms with Crippen LogP contribution in [0.2, 0.25) is 18.6 Å². The number of thioether (sulfide) groups is 1. The minimum absolute atomic E-state index is 0.378. The lowest BCUT2D eigenvalue weighted by atomic mass is 10.0. The van der Waals surface area contributed by atoms with E-state index in [1.165, 1.54) is 89.2 Å². The summed E-state index contributed by atoms with van der Waals surface area (Å²) in [7, 11) is -1.28. The topological polar surface area (TPSA) is 9.23 Å². The van der Waals surface area contributed by atoms with Gasteiger partial charge in [-0.1, -0.05) is 83.7 Å². The molecule has 0 aromatic rings. The highest BCUT2D eigenvalue weighted by molar-refractivity contribution is 7.99. The van der Waals surface area contributed by atoms with Crippen LogP contribution in [0.3, 0.4) is 0 Å². The highest BCUT2D eigenvalue weighted by atomic mass is 32.2. The first-order valence-corrected chi connectivity index (χ1v) is 16.4. The summed E-state index contributed by atoms with van der Waals surface area (Å²) in [6.07, 6.45) is 20.0. The fourth-order valence-corrected chi connectivity index (χ4v) is 7.60. The van der Waals surface area contributed by atoms with Crippen molar-refractivity contribution in [3.8, 4) is 11.5 Å². The summed E-state index contributed by atoms with van der Waals surface area (Å²) in [4.78, 5) is 0. The molecule has 1 fully saturated rings. The van der Waals surface area contributed by atoms with Gasteiger partial charge in [-0.3, -0.25) is 0 Å². The standard InChI is InChI=1S/C25H48OSSi/c1-24(2)26-20-22-27-21-16-11-9-7-5-6-8-10-12-17-23-28(3,4)25-18-14-13-15-19-25/h24-25H,5-16,18-22H2,1-4H3. The molecule has 1 aliphatic rings. The lowest BCUT2D eigenvalue weighted by Gasteiger charge is -2.31. The Kier molecular flexibility index (Phi) is 15.7. The normalized spacial score (nSPS) is 15.6. The molecule has 1 nitrogen and oxygen atoms in total. The molecule has 1 aliphatic carbocycles. The summed E-state index contributed by atoms with van der Waals surface area (Å²) in [5.41, 5.74) is 4.73. The van der Waals surface area contributed by atoms with Crippen molar-refractivity contribution in [1.29, 1.82) is 0 Å². The maximum atomic E-state index is 5.57. The van der Waals surface area contributed by atoms with Gasteiger partial charge >= 0.3 is 0 Å². The second-order valence-corrected chi connectivity index (χ2v) is 15.2. The summed E-state index contributed by atoms with van der Waals surface area (Å²) in [6.45, 7) is 10.1. The molecular weight excluding hydrogens is 376 g/mol. The van der Waals surface area contributed by atoms with Crippen LogP contribution in [0, 0.1) is 11.5 Å². The third-order valence-electron chi connectivity index (χ3n) is 6.06. The van der Waals surface area contributed by atoms with Gasteiger partial charge in [0.1, 0.15) is 8.07 Å². The summed E-state index contributed by atoms with van der Waals surface area (Å²) >= 11 is 2.05. The summed E-state index contributed by atoms with van der Waals surface area (Å²) < 4.78 is 5.57. The molecule has 3 heteroatoms. The molecule has 1 saturated carbocycles. The Morgan fingerprint density at radius 3 is 2.11 bits per heavy atom. The molecule has 0 unspecified atom stereocenters. The van der Waals surface area contributed by atoms with Crippen LogP contribution in [0.1, 0.15) is 104 Å². The predicted octanol–water partition coefficient (Wildman–Crippen LogP) is 8.24. The highest BCUT2D eigenvalue weighted by Crippen LogP contribution is 2.36. The molecule has 0 aliphatic heterocycles. The highest BCUT2D eigenvalue weighted by Gasteiger charge is 2.31. The maximum absolute atomic E-state index is 5.57. The third-order valence-corrected chi connectivity index (χ3v) is 10.5. The van der Waals surface area contributed by atoms with Gasteiger partial charge < -0.3 is 4.74 Å². The van der Waals surface area contributed by atoms with Crippen LogP contribution >= 0.6 is 11.8 Å². The van der Waals surface area contributed by atoms with Crippen molar-refractivity contribution in [3.63, 3.8) is 0 Å². The van der Waals surface area contributed by atoms with E-state index in [9.17, 15) is 0 Å². The number of unbranched alkanes of at least 4 members (excludes halogenated alkanes) is 8. The van der Waals surface area contributed by atoms with Crippen LogP contribution in [0.25, 0.3) is 0 Å². The summed E-state index contributed by atoms with van der Waals surface area (Å²) in [5.74, 6) is 6.03. The quantitative estimate of drug-likeness (QED) is 0.149. The average Bonchev–Trinajstić information content (AvgIpc) is 2.68. The van der Waals surface area contributed by atoms with E-state index in [2.05, 4.69) is 50.2 Å². The monoisotopic (exact) mass is 424 g/mol. The Hall–Kier alpha value is 0.0869. The second-order valence-electron chi connectivity index (χ2n) is 9.47. The van der Waals surface area contributed by atoms with Crippen LogP contribution in [0.4, 0.5) is 0 Å². The fourth-order valence-electron chi connectivity index (χ4n) is 4.14. The fraction of sp³-hybridized carbons (Fsp3) is 0.920. The van der Waals surface area contributed by atoms with Crippen molar-refractivity contribution in [1.82, 2.24) is 0 Å². The SMILES string of the molecule is CC(C)OCCSCCCCCCCCCCC#C[Si](C)(C)C1CCCCC1. The Bertz CT molecular complexity index is 418. The van der Waals surface area contributed by atoms with E-state index in [0.717, 1.165) is 24.3 Å². The molecule has 1 rings (SSSR count). The number of hydrogen-bond donors (Lipinski definition) is 0. The molecule has 0 radical (unpaired) electrons. The maximum Gasteiger partial charge on any atom is 0.135 e. The Morgan fingerprint density at radius 1 is 0.857 bits per heavy atom. The van der Waals surface area contributed by atoms with E-state index < -0.39 is 8.07 Å². The van der Waals surface area contributed by atoms with Crippen molar-refractivity contribution in [2.24, 2.45) is 0 Å². The number of hydrogen-bond acceptors (Lipinski definition) is 2. The van der Waals surface area contributed by atoms with Gasteiger partial charge in [0.25, 0.3) is 0 Å². The molecule has 0 heterocycles. The summed E-state index contributed by atoms with van der Waals surface area (Å²) in [6, 6.07) is 0. The van der Waals surface area contributed by atoms with Crippen molar-refractivity contribution in [2.75, 3.05) is 18.1 Å². The van der Waals surface area contributed by atoms with E-state index in [1.54, 1.807) is 0 Å². The Labute approximate surface area is 182 Å². The van der Waals surface area contributed by atoms with E-state index in [-0.39, 0.29) is 0 Å². The number of rotatable bonds is 15. The zero-order chi connectivity index (χ0) is 20.5. The van der Waals surface area contributed by atoms with Crippen molar-refractivity contribution >= 4 is 19.8 Å². The van der Waals surface area contributed by atoms with Crippen LogP contribution < -0.4 is 0 Å². The van der Waals surface area contributed by atoms with Crippen molar-refractivity contribution in [2.45, 2.75) is 128 Å². The molecular formula is C25H48OSSi. The molecule has 164 valence electrons. The summed E-state index contributed by atoms with van der Waals surface area (Å²) in [5, 5.41) is 0. The van der Waals surface area contributed by atoms with E-state index in [1.807, 2.05) is 0 Å². The van der Waals surface area contributed by atoms with Crippen molar-refractivity contribution < 1.29 is 4.74 Å². The molecule has 0 N–H and O–H groups in total. The largest absolute Gasteiger partial charge is 0.378 e. The lowest BCUT2D eigenvalue weighted by Crippen LogP contribution is -2.32. The molecule has 0 amide bonds. The van der Waals surface area contributed by atoms with E-state index in [0.29, 0.717) is 6.10 Å². The van der Waals surface area contributed by atoms with Gasteiger partial charge in [-0.15, -0.1) is 11.5 Å². The van der Waals surface area contributed by atoms with Crippen LogP contribution in [-0.2, 0) is 4.74 Å². The molecule has 0 atom stereocenters. The van der Waals surface area contributed by atoms with Gasteiger partial charge in [0.05, 0.1) is 12.7 Å². The smallest absolute Gasteiger partial charge is 0.135 e. The minimum Gasteiger partial charge on any atom is -0.378 e. The van der Waals surface area contributed by atoms with E-state index in [4.69, 9.17) is 4.74 Å². The first kappa shape index (κ1) is 26.1. The Balaban J connectivity index is 1.85. The number of ether oxygens (including phenoxy) is 1. The second kappa shape index (κ2) is 16.8. The molecule has 28 heavy (non-hydrogen) atoms. The zero-order valence-electron chi connectivity index (χ0n) is 19.5. The molecule has 0 spiro atoms. The molecule has 0 aromatic heterocycles. The van der Waals surface area contributed by atoms with Crippen LogP contribution in [0.5, 0.6) is 0 Å². The van der Waals surface area contributed by atoms with E-state index >= 15 is 0 Å². The molecule has 0 saturated heterocycles. The first-order valence-electron chi connectivity index (χ1n) is 12.2. The lowest BCUT2D eigenvalue weighted by molar-refractivity contribution is 0.0920. The Morgan fingerprint density at radius 2 is 1.46 bits per heavy atom. The van der Waals surface area contributed by atoms with Gasteiger partial charge in [0, 0.05) is 12.2 Å². The molecule has 0 aromatic carbocycles. The predicted molar refractivity (Wildman–Crippen MR) is 132 cm³/mol. The third kappa shape index (κ3) is 14.1. The molecule has 0 bridgehead atoms. The van der Waals surface area contributed by atoms with Gasteiger partial charge in [0.2, 0.25) is 0 Å². The zero-order valence-corrected chi connectivity index (χ0v) is 21.3. The van der Waals surface area contributed by atoms with Crippen molar-refractivity contribution in [3.05, 3.63) is 0 Å². The minimum atomic E-state index is -1.28. The van der Waals surface area contributed by atoms with Gasteiger partial charge in [0.15, 0.2) is 0 Å². The van der Waals surface area contributed by atoms with Gasteiger partial charge in [-0.05, 0) is 38.0 Å². The average molecular weight is 425 g/mol. The van der Waals surface area contributed by atoms with Crippen LogP contribution in [-0.4, -0.2) is 32.3 Å². The van der Waals surface area contributed by atoms with Crippen LogP contribution in [0.15, 0.2) is 0 Å². The van der Waals surface area contributed by atoms with Gasteiger partial charge in [-0.2, -0.15) is 11.8 Å². The van der Waals surface area contributed by atoms with Gasteiger partial charge in [-0.25, -0.2) is 0 Å². The first-order chi connectivity index (χ1) is 13.5.